The summed E-state index contributed by atoms with van der Waals surface area (Å²) in [5, 5.41) is 6.29. The summed E-state index contributed by atoms with van der Waals surface area (Å²) in [4.78, 5) is 23.5. The number of hydrogen-bond donors (Lipinski definition) is 1. The van der Waals surface area contributed by atoms with Gasteiger partial charge in [0.05, 0.1) is 5.52 Å². The first kappa shape index (κ1) is 12.2. The molecule has 7 heteroatoms. The number of anilines is 1. The fourth-order valence-corrected chi connectivity index (χ4v) is 1.88. The van der Waals surface area contributed by atoms with Crippen molar-refractivity contribution in [3.05, 3.63) is 46.1 Å². The minimum atomic E-state index is -0.468. The van der Waals surface area contributed by atoms with Gasteiger partial charge in [-0.15, -0.1) is 0 Å². The zero-order chi connectivity index (χ0) is 14.3. The number of amides is 1. The van der Waals surface area contributed by atoms with Crippen molar-refractivity contribution in [1.82, 2.24) is 9.72 Å². The van der Waals surface area contributed by atoms with Gasteiger partial charge < -0.3 is 14.3 Å². The number of hydrogen-bond acceptors (Lipinski definition) is 5. The van der Waals surface area contributed by atoms with E-state index >= 15 is 0 Å². The average molecular weight is 273 g/mol. The highest BCUT2D eigenvalue weighted by atomic mass is 16.5. The first-order valence-corrected chi connectivity index (χ1v) is 5.89. The average Bonchev–Trinajstić information content (AvgIpc) is 2.94. The molecule has 2 heterocycles. The van der Waals surface area contributed by atoms with Crippen molar-refractivity contribution < 1.29 is 13.7 Å². The summed E-state index contributed by atoms with van der Waals surface area (Å²) in [6.45, 7) is 1.73. The Kier molecular flexibility index (Phi) is 2.67. The van der Waals surface area contributed by atoms with E-state index in [1.807, 2.05) is 0 Å². The highest BCUT2D eigenvalue weighted by Crippen LogP contribution is 2.16. The highest BCUT2D eigenvalue weighted by molar-refractivity contribution is 6.05. The molecule has 0 fully saturated rings. The predicted molar refractivity (Wildman–Crippen MR) is 70.6 cm³/mol. The summed E-state index contributed by atoms with van der Waals surface area (Å²) in [5.41, 5.74) is 1.39. The number of nitrogens with zero attached hydrogens (tertiary/aromatic N) is 2. The molecular weight excluding hydrogens is 262 g/mol. The quantitative estimate of drug-likeness (QED) is 0.767. The molecular formula is C13H11N3O4. The van der Waals surface area contributed by atoms with E-state index in [0.29, 0.717) is 28.2 Å². The molecule has 7 nitrogen and oxygen atoms in total. The number of aromatic nitrogens is 2. The summed E-state index contributed by atoms with van der Waals surface area (Å²) < 4.78 is 11.2. The van der Waals surface area contributed by atoms with Crippen LogP contribution in [0.15, 0.2) is 38.0 Å². The maximum Gasteiger partial charge on any atom is 0.419 e. The standard InChI is InChI=1S/C13H11N3O4/c1-7-5-11(15-20-7)14-12(17)8-3-4-10-9(6-8)16(2)13(18)19-10/h3-6H,1-2H3,(H,14,15,17). The van der Waals surface area contributed by atoms with Crippen LogP contribution in [-0.2, 0) is 7.05 Å². The van der Waals surface area contributed by atoms with Gasteiger partial charge in [-0.2, -0.15) is 0 Å². The number of nitrogens with one attached hydrogen (secondary N) is 1. The second kappa shape index (κ2) is 4.37. The Morgan fingerprint density at radius 2 is 2.15 bits per heavy atom. The topological polar surface area (TPSA) is 90.3 Å². The minimum absolute atomic E-state index is 0.339. The Hall–Kier alpha value is -2.83. The monoisotopic (exact) mass is 273 g/mol. The van der Waals surface area contributed by atoms with Crippen molar-refractivity contribution in [3.8, 4) is 0 Å². The lowest BCUT2D eigenvalue weighted by atomic mass is 10.2. The van der Waals surface area contributed by atoms with Crippen molar-refractivity contribution in [2.24, 2.45) is 7.05 Å². The van der Waals surface area contributed by atoms with Gasteiger partial charge in [0.25, 0.3) is 5.91 Å². The van der Waals surface area contributed by atoms with Crippen molar-refractivity contribution in [2.45, 2.75) is 6.92 Å². The van der Waals surface area contributed by atoms with Gasteiger partial charge in [-0.1, -0.05) is 5.16 Å². The number of fused-ring (bicyclic) bond motifs is 1. The van der Waals surface area contributed by atoms with Gasteiger partial charge >= 0.3 is 5.76 Å². The van der Waals surface area contributed by atoms with Crippen LogP contribution in [0.5, 0.6) is 0 Å². The zero-order valence-corrected chi connectivity index (χ0v) is 10.8. The van der Waals surface area contributed by atoms with Crippen LogP contribution in [0.2, 0.25) is 0 Å². The minimum Gasteiger partial charge on any atom is -0.408 e. The van der Waals surface area contributed by atoms with Crippen LogP contribution in [0.3, 0.4) is 0 Å². The van der Waals surface area contributed by atoms with Gasteiger partial charge in [0.15, 0.2) is 11.4 Å². The Morgan fingerprint density at radius 1 is 1.35 bits per heavy atom. The lowest BCUT2D eigenvalue weighted by molar-refractivity contribution is 0.102. The van der Waals surface area contributed by atoms with Crippen molar-refractivity contribution >= 4 is 22.8 Å². The molecule has 0 spiro atoms. The van der Waals surface area contributed by atoms with Gasteiger partial charge in [0.2, 0.25) is 0 Å². The molecule has 20 heavy (non-hydrogen) atoms. The Labute approximate surface area is 112 Å². The molecule has 3 aromatic rings. The normalized spacial score (nSPS) is 10.9. The maximum atomic E-state index is 12.1. The van der Waals surface area contributed by atoms with Crippen LogP contribution in [0, 0.1) is 6.92 Å². The van der Waals surface area contributed by atoms with Gasteiger partial charge in [0, 0.05) is 18.7 Å². The Morgan fingerprint density at radius 3 is 2.85 bits per heavy atom. The third kappa shape index (κ3) is 1.99. The summed E-state index contributed by atoms with van der Waals surface area (Å²) in [6.07, 6.45) is 0. The van der Waals surface area contributed by atoms with E-state index in [-0.39, 0.29) is 5.91 Å². The van der Waals surface area contributed by atoms with Crippen LogP contribution in [0.25, 0.3) is 11.1 Å². The van der Waals surface area contributed by atoms with Crippen LogP contribution in [0.1, 0.15) is 16.1 Å². The fourth-order valence-electron chi connectivity index (χ4n) is 1.88. The number of carbonyl (C=O) groups is 1. The number of carbonyl (C=O) groups excluding carboxylic acids is 1. The molecule has 2 aromatic heterocycles. The zero-order valence-electron chi connectivity index (χ0n) is 10.8. The van der Waals surface area contributed by atoms with Crippen molar-refractivity contribution in [1.29, 1.82) is 0 Å². The van der Waals surface area contributed by atoms with Gasteiger partial charge in [-0.3, -0.25) is 9.36 Å². The molecule has 1 aromatic carbocycles. The molecule has 0 unspecified atom stereocenters. The molecule has 0 aliphatic heterocycles. The molecule has 0 radical (unpaired) electrons. The van der Waals surface area contributed by atoms with Crippen molar-refractivity contribution in [3.63, 3.8) is 0 Å². The Balaban J connectivity index is 1.95. The van der Waals surface area contributed by atoms with E-state index in [1.165, 1.54) is 4.57 Å². The maximum absolute atomic E-state index is 12.1. The molecule has 102 valence electrons. The fraction of sp³-hybridized carbons (Fsp3) is 0.154. The van der Waals surface area contributed by atoms with Crippen LogP contribution >= 0.6 is 0 Å². The summed E-state index contributed by atoms with van der Waals surface area (Å²) in [5.74, 6) is 0.139. The first-order chi connectivity index (χ1) is 9.54. The third-order valence-electron chi connectivity index (χ3n) is 2.92. The molecule has 0 aliphatic rings. The summed E-state index contributed by atoms with van der Waals surface area (Å²) in [7, 11) is 1.58. The lowest BCUT2D eigenvalue weighted by Gasteiger charge is -2.01. The van der Waals surface area contributed by atoms with E-state index in [0.717, 1.165) is 0 Å². The van der Waals surface area contributed by atoms with Crippen molar-refractivity contribution in [2.75, 3.05) is 5.32 Å². The molecule has 1 amide bonds. The number of aryl methyl sites for hydroxylation is 2. The number of rotatable bonds is 2. The molecule has 0 saturated carbocycles. The summed E-state index contributed by atoms with van der Waals surface area (Å²) in [6, 6.07) is 6.36. The van der Waals surface area contributed by atoms with E-state index in [4.69, 9.17) is 8.94 Å². The van der Waals surface area contributed by atoms with Gasteiger partial charge in [-0.25, -0.2) is 4.79 Å². The van der Waals surface area contributed by atoms with E-state index in [1.54, 1.807) is 38.2 Å². The van der Waals surface area contributed by atoms with E-state index < -0.39 is 5.76 Å². The predicted octanol–water partition coefficient (Wildman–Crippen LogP) is 1.68. The van der Waals surface area contributed by atoms with Crippen LogP contribution in [-0.4, -0.2) is 15.6 Å². The number of oxazole rings is 1. The number of benzene rings is 1. The van der Waals surface area contributed by atoms with Crippen LogP contribution < -0.4 is 11.1 Å². The van der Waals surface area contributed by atoms with E-state index in [9.17, 15) is 9.59 Å². The lowest BCUT2D eigenvalue weighted by Crippen LogP contribution is -2.12. The largest absolute Gasteiger partial charge is 0.419 e. The van der Waals surface area contributed by atoms with E-state index in [2.05, 4.69) is 10.5 Å². The van der Waals surface area contributed by atoms with Gasteiger partial charge in [0.1, 0.15) is 5.76 Å². The molecule has 0 bridgehead atoms. The molecule has 0 atom stereocenters. The molecule has 1 N–H and O–H groups in total. The first-order valence-electron chi connectivity index (χ1n) is 5.89. The second-order valence-electron chi connectivity index (χ2n) is 4.39. The van der Waals surface area contributed by atoms with Crippen LogP contribution in [0.4, 0.5) is 5.82 Å². The third-order valence-corrected chi connectivity index (χ3v) is 2.92. The smallest absolute Gasteiger partial charge is 0.408 e. The molecule has 0 saturated heterocycles. The highest BCUT2D eigenvalue weighted by Gasteiger charge is 2.12. The van der Waals surface area contributed by atoms with Gasteiger partial charge in [-0.05, 0) is 25.1 Å². The SMILES string of the molecule is Cc1cc(NC(=O)c2ccc3oc(=O)n(C)c3c2)no1. The summed E-state index contributed by atoms with van der Waals surface area (Å²) >= 11 is 0. The molecule has 0 aliphatic carbocycles. The Bertz CT molecular complexity index is 856. The molecule has 3 rings (SSSR count). The second-order valence-corrected chi connectivity index (χ2v) is 4.39.